The Kier molecular flexibility index (Phi) is 7.94. The van der Waals surface area contributed by atoms with Crippen LogP contribution in [0.3, 0.4) is 0 Å². The minimum atomic E-state index is -0.477. The SMILES string of the molecule is COCCOC(=O)c1sc2nc(CN3CCN(C(=O)Cc4ccc(C)cc4)CC3)[nH]c(=O)c2c1C. The number of thiophene rings is 1. The molecule has 0 aliphatic carbocycles. The summed E-state index contributed by atoms with van der Waals surface area (Å²) in [6, 6.07) is 8.04. The van der Waals surface area contributed by atoms with Gasteiger partial charge in [-0.2, -0.15) is 0 Å². The summed E-state index contributed by atoms with van der Waals surface area (Å²) in [6.45, 7) is 7.34. The van der Waals surface area contributed by atoms with Crippen LogP contribution in [0.4, 0.5) is 0 Å². The lowest BCUT2D eigenvalue weighted by Crippen LogP contribution is -2.49. The lowest BCUT2D eigenvalue weighted by Gasteiger charge is -2.34. The number of carbonyl (C=O) groups is 2. The molecule has 0 spiro atoms. The number of methoxy groups -OCH3 is 1. The first-order valence-electron chi connectivity index (χ1n) is 11.6. The average Bonchev–Trinajstić information content (AvgIpc) is 3.18. The molecule has 0 bridgehead atoms. The summed E-state index contributed by atoms with van der Waals surface area (Å²) in [5.41, 5.74) is 2.51. The molecule has 10 heteroatoms. The van der Waals surface area contributed by atoms with E-state index < -0.39 is 5.97 Å². The van der Waals surface area contributed by atoms with E-state index in [0.29, 0.717) is 72.2 Å². The topological polar surface area (TPSA) is 105 Å². The van der Waals surface area contributed by atoms with E-state index in [-0.39, 0.29) is 18.1 Å². The number of fused-ring (bicyclic) bond motifs is 1. The quantitative estimate of drug-likeness (QED) is 0.375. The molecule has 0 radical (unpaired) electrons. The van der Waals surface area contributed by atoms with E-state index in [4.69, 9.17) is 9.47 Å². The molecule has 1 aliphatic rings. The molecule has 3 aromatic rings. The maximum Gasteiger partial charge on any atom is 0.348 e. The van der Waals surface area contributed by atoms with E-state index in [0.717, 1.165) is 5.56 Å². The number of aromatic amines is 1. The third-order valence-electron chi connectivity index (χ3n) is 6.13. The summed E-state index contributed by atoms with van der Waals surface area (Å²) in [5, 5.41) is 0.420. The summed E-state index contributed by atoms with van der Waals surface area (Å²) in [4.78, 5) is 50.3. The van der Waals surface area contributed by atoms with Crippen LogP contribution >= 0.6 is 11.3 Å². The van der Waals surface area contributed by atoms with Crippen LogP contribution in [0.1, 0.15) is 32.2 Å². The third kappa shape index (κ3) is 5.95. The number of aromatic nitrogens is 2. The fourth-order valence-corrected chi connectivity index (χ4v) is 5.20. The van der Waals surface area contributed by atoms with Crippen molar-refractivity contribution in [3.63, 3.8) is 0 Å². The van der Waals surface area contributed by atoms with Crippen LogP contribution in [0.5, 0.6) is 0 Å². The van der Waals surface area contributed by atoms with Crippen molar-refractivity contribution < 1.29 is 19.1 Å². The van der Waals surface area contributed by atoms with Gasteiger partial charge in [-0.3, -0.25) is 14.5 Å². The Morgan fingerprint density at radius 3 is 2.49 bits per heavy atom. The molecule has 0 atom stereocenters. The highest BCUT2D eigenvalue weighted by Crippen LogP contribution is 2.27. The van der Waals surface area contributed by atoms with Gasteiger partial charge in [0.1, 0.15) is 22.1 Å². The summed E-state index contributed by atoms with van der Waals surface area (Å²) >= 11 is 1.17. The van der Waals surface area contributed by atoms with Crippen LogP contribution in [0.2, 0.25) is 0 Å². The van der Waals surface area contributed by atoms with E-state index in [1.54, 1.807) is 6.92 Å². The smallest absolute Gasteiger partial charge is 0.348 e. The van der Waals surface area contributed by atoms with Gasteiger partial charge in [-0.15, -0.1) is 11.3 Å². The first-order valence-corrected chi connectivity index (χ1v) is 12.4. The van der Waals surface area contributed by atoms with Crippen molar-refractivity contribution >= 4 is 33.4 Å². The van der Waals surface area contributed by atoms with Gasteiger partial charge >= 0.3 is 5.97 Å². The average molecular weight is 499 g/mol. The minimum absolute atomic E-state index is 0.125. The molecular formula is C25H30N4O5S. The van der Waals surface area contributed by atoms with Crippen molar-refractivity contribution in [3.05, 3.63) is 62.0 Å². The zero-order valence-electron chi connectivity index (χ0n) is 20.3. The van der Waals surface area contributed by atoms with Crippen molar-refractivity contribution in [1.82, 2.24) is 19.8 Å². The second kappa shape index (κ2) is 11.1. The highest BCUT2D eigenvalue weighted by molar-refractivity contribution is 7.20. The molecule has 1 aromatic carbocycles. The number of nitrogens with one attached hydrogen (secondary N) is 1. The van der Waals surface area contributed by atoms with Crippen LogP contribution in [0.15, 0.2) is 29.1 Å². The standard InChI is InChI=1S/C25H30N4O5S/c1-16-4-6-18(7-5-16)14-20(30)29-10-8-28(9-11-29)15-19-26-23(31)21-17(2)22(35-24(21)27-19)25(32)34-13-12-33-3/h4-7H,8-15H2,1-3H3,(H,26,27,31). The number of carbonyl (C=O) groups excluding carboxylic acids is 2. The summed E-state index contributed by atoms with van der Waals surface area (Å²) in [6.07, 6.45) is 0.403. The van der Waals surface area contributed by atoms with E-state index >= 15 is 0 Å². The molecule has 0 saturated carbocycles. The van der Waals surface area contributed by atoms with Crippen molar-refractivity contribution in [1.29, 1.82) is 0 Å². The molecular weight excluding hydrogens is 468 g/mol. The zero-order valence-corrected chi connectivity index (χ0v) is 21.1. The molecule has 35 heavy (non-hydrogen) atoms. The second-order valence-electron chi connectivity index (χ2n) is 8.70. The number of H-pyrrole nitrogens is 1. The highest BCUT2D eigenvalue weighted by Gasteiger charge is 2.24. The van der Waals surface area contributed by atoms with Crippen molar-refractivity contribution in [2.45, 2.75) is 26.8 Å². The van der Waals surface area contributed by atoms with Crippen molar-refractivity contribution in [2.75, 3.05) is 46.5 Å². The van der Waals surface area contributed by atoms with Crippen LogP contribution in [-0.4, -0.2) is 78.1 Å². The van der Waals surface area contributed by atoms with E-state index in [9.17, 15) is 14.4 Å². The number of ether oxygens (including phenoxy) is 2. The van der Waals surface area contributed by atoms with Crippen LogP contribution in [0.25, 0.3) is 10.2 Å². The number of aryl methyl sites for hydroxylation is 2. The predicted molar refractivity (Wildman–Crippen MR) is 134 cm³/mol. The molecule has 1 aliphatic heterocycles. The lowest BCUT2D eigenvalue weighted by atomic mass is 10.1. The maximum atomic E-state index is 12.8. The molecule has 4 rings (SSSR count). The van der Waals surface area contributed by atoms with Gasteiger partial charge in [0.05, 0.1) is 25.0 Å². The molecule has 9 nitrogen and oxygen atoms in total. The fraction of sp³-hybridized carbons (Fsp3) is 0.440. The minimum Gasteiger partial charge on any atom is -0.459 e. The Hall–Kier alpha value is -3.08. The molecule has 3 heterocycles. The van der Waals surface area contributed by atoms with Gasteiger partial charge in [-0.25, -0.2) is 9.78 Å². The van der Waals surface area contributed by atoms with Gasteiger partial charge in [0.15, 0.2) is 0 Å². The van der Waals surface area contributed by atoms with E-state index in [1.807, 2.05) is 36.1 Å². The Morgan fingerprint density at radius 2 is 1.80 bits per heavy atom. The molecule has 0 unspecified atom stereocenters. The number of nitrogens with zero attached hydrogens (tertiary/aromatic N) is 3. The fourth-order valence-electron chi connectivity index (χ4n) is 4.10. The first-order chi connectivity index (χ1) is 16.9. The van der Waals surface area contributed by atoms with Crippen molar-refractivity contribution in [2.24, 2.45) is 0 Å². The molecule has 1 N–H and O–H groups in total. The summed E-state index contributed by atoms with van der Waals surface area (Å²) in [5.74, 6) is 0.192. The van der Waals surface area contributed by atoms with Gasteiger partial charge in [-0.05, 0) is 25.0 Å². The largest absolute Gasteiger partial charge is 0.459 e. The van der Waals surface area contributed by atoms with Crippen LogP contribution in [-0.2, 0) is 27.2 Å². The predicted octanol–water partition coefficient (Wildman–Crippen LogP) is 2.29. The molecule has 186 valence electrons. The number of rotatable bonds is 8. The normalized spacial score (nSPS) is 14.4. The Bertz CT molecular complexity index is 1260. The van der Waals surface area contributed by atoms with Gasteiger partial charge < -0.3 is 19.4 Å². The Morgan fingerprint density at radius 1 is 1.09 bits per heavy atom. The first kappa shape index (κ1) is 25.0. The van der Waals surface area contributed by atoms with Crippen LogP contribution in [0, 0.1) is 13.8 Å². The van der Waals surface area contributed by atoms with E-state index in [1.165, 1.54) is 24.0 Å². The highest BCUT2D eigenvalue weighted by atomic mass is 32.1. The number of amides is 1. The second-order valence-corrected chi connectivity index (χ2v) is 9.70. The number of benzene rings is 1. The summed E-state index contributed by atoms with van der Waals surface area (Å²) in [7, 11) is 1.53. The molecule has 1 saturated heterocycles. The Labute approximate surface area is 207 Å². The molecule has 1 fully saturated rings. The van der Waals surface area contributed by atoms with Crippen molar-refractivity contribution in [3.8, 4) is 0 Å². The Balaban J connectivity index is 1.37. The maximum absolute atomic E-state index is 12.8. The monoisotopic (exact) mass is 498 g/mol. The van der Waals surface area contributed by atoms with Gasteiger partial charge in [0.2, 0.25) is 5.91 Å². The van der Waals surface area contributed by atoms with Crippen LogP contribution < -0.4 is 5.56 Å². The summed E-state index contributed by atoms with van der Waals surface area (Å²) < 4.78 is 10.1. The molecule has 1 amide bonds. The zero-order chi connectivity index (χ0) is 24.9. The molecule has 2 aromatic heterocycles. The third-order valence-corrected chi connectivity index (χ3v) is 7.30. The number of hydrogen-bond donors (Lipinski definition) is 1. The van der Waals surface area contributed by atoms with Gasteiger partial charge in [0, 0.05) is 33.3 Å². The lowest BCUT2D eigenvalue weighted by molar-refractivity contribution is -0.132. The van der Waals surface area contributed by atoms with Gasteiger partial charge in [-0.1, -0.05) is 29.8 Å². The van der Waals surface area contributed by atoms with E-state index in [2.05, 4.69) is 14.9 Å². The number of esters is 1. The number of piperazine rings is 1. The van der Waals surface area contributed by atoms with Gasteiger partial charge in [0.25, 0.3) is 5.56 Å². The number of hydrogen-bond acceptors (Lipinski definition) is 8.